The van der Waals surface area contributed by atoms with Crippen molar-refractivity contribution in [2.45, 2.75) is 45.3 Å². The van der Waals surface area contributed by atoms with Crippen LogP contribution in [0.15, 0.2) is 66.7 Å². The third-order valence-electron chi connectivity index (χ3n) is 4.86. The maximum absolute atomic E-state index is 12.0. The van der Waals surface area contributed by atoms with E-state index in [1.807, 2.05) is 55.5 Å². The Morgan fingerprint density at radius 1 is 1.07 bits per heavy atom. The van der Waals surface area contributed by atoms with Gasteiger partial charge in [0.25, 0.3) is 0 Å². The molecule has 4 nitrogen and oxygen atoms in total. The summed E-state index contributed by atoms with van der Waals surface area (Å²) in [6.07, 6.45) is 0.694. The van der Waals surface area contributed by atoms with Gasteiger partial charge in [0, 0.05) is 0 Å². The first-order chi connectivity index (χ1) is 13.0. The van der Waals surface area contributed by atoms with Gasteiger partial charge in [0.2, 0.25) is 0 Å². The molecule has 0 spiro atoms. The van der Waals surface area contributed by atoms with Gasteiger partial charge in [-0.25, -0.2) is 14.6 Å². The van der Waals surface area contributed by atoms with Crippen LogP contribution in [0.5, 0.6) is 0 Å². The lowest BCUT2D eigenvalue weighted by molar-refractivity contribution is -0.388. The van der Waals surface area contributed by atoms with Gasteiger partial charge in [-0.3, -0.25) is 0 Å². The lowest BCUT2D eigenvalue weighted by Crippen LogP contribution is -2.30. The van der Waals surface area contributed by atoms with Gasteiger partial charge < -0.3 is 4.74 Å². The second-order valence-electron chi connectivity index (χ2n) is 6.56. The molecule has 144 valence electrons. The third-order valence-corrected chi connectivity index (χ3v) is 4.86. The van der Waals surface area contributed by atoms with Crippen molar-refractivity contribution >= 4 is 5.97 Å². The van der Waals surface area contributed by atoms with Crippen molar-refractivity contribution in [1.82, 2.24) is 0 Å². The van der Waals surface area contributed by atoms with Crippen molar-refractivity contribution in [2.24, 2.45) is 0 Å². The molecule has 0 heterocycles. The van der Waals surface area contributed by atoms with Crippen molar-refractivity contribution in [3.63, 3.8) is 0 Å². The number of carbonyl (C=O) groups is 1. The van der Waals surface area contributed by atoms with Crippen LogP contribution in [0.25, 0.3) is 0 Å². The molecule has 0 radical (unpaired) electrons. The molecule has 2 aromatic carbocycles. The highest BCUT2D eigenvalue weighted by atomic mass is 17.2. The number of aryl methyl sites for hydroxylation is 1. The first kappa shape index (κ1) is 20.9. The maximum atomic E-state index is 12.0. The Bertz CT molecular complexity index is 763. The molecule has 1 atom stereocenters. The number of rotatable bonds is 9. The van der Waals surface area contributed by atoms with E-state index in [1.54, 1.807) is 0 Å². The van der Waals surface area contributed by atoms with E-state index in [1.165, 1.54) is 7.11 Å². The summed E-state index contributed by atoms with van der Waals surface area (Å²) in [5.41, 5.74) is 2.55. The van der Waals surface area contributed by atoms with Gasteiger partial charge >= 0.3 is 5.97 Å². The summed E-state index contributed by atoms with van der Waals surface area (Å²) >= 11 is 0. The van der Waals surface area contributed by atoms with Crippen LogP contribution in [0.1, 0.15) is 49.5 Å². The van der Waals surface area contributed by atoms with Gasteiger partial charge in [-0.1, -0.05) is 80.6 Å². The lowest BCUT2D eigenvalue weighted by atomic mass is 9.88. The standard InChI is InChI=1S/C23H28O4/c1-6-23(7-2,20-15-11-12-17(3)16-20)27-26-21(18(4)22(24)25-5)19-13-9-8-10-14-19/h8-16,21H,4,6-7H2,1-3,5H3/t21-/m1/s1. The van der Waals surface area contributed by atoms with Crippen molar-refractivity contribution in [2.75, 3.05) is 7.11 Å². The van der Waals surface area contributed by atoms with Crippen molar-refractivity contribution in [1.29, 1.82) is 0 Å². The monoisotopic (exact) mass is 368 g/mol. The Labute approximate surface area is 161 Å². The fraction of sp³-hybridized carbons (Fsp3) is 0.348. The molecule has 0 unspecified atom stereocenters. The van der Waals surface area contributed by atoms with Gasteiger partial charge in [0.1, 0.15) is 11.7 Å². The Kier molecular flexibility index (Phi) is 7.34. The van der Waals surface area contributed by atoms with E-state index in [9.17, 15) is 4.79 Å². The van der Waals surface area contributed by atoms with Crippen molar-refractivity contribution in [3.8, 4) is 0 Å². The highest BCUT2D eigenvalue weighted by molar-refractivity contribution is 5.89. The zero-order valence-electron chi connectivity index (χ0n) is 16.5. The predicted octanol–water partition coefficient (Wildman–Crippen LogP) is 5.43. The van der Waals surface area contributed by atoms with Crippen LogP contribution in [0.2, 0.25) is 0 Å². The molecular weight excluding hydrogens is 340 g/mol. The normalized spacial score (nSPS) is 12.4. The molecule has 0 bridgehead atoms. The number of benzene rings is 2. The van der Waals surface area contributed by atoms with Crippen molar-refractivity contribution < 1.29 is 19.3 Å². The molecule has 2 aromatic rings. The number of ether oxygens (including phenoxy) is 1. The molecule has 2 rings (SSSR count). The minimum atomic E-state index is -0.749. The maximum Gasteiger partial charge on any atom is 0.336 e. The van der Waals surface area contributed by atoms with E-state index >= 15 is 0 Å². The highest BCUT2D eigenvalue weighted by Gasteiger charge is 2.34. The molecule has 0 aromatic heterocycles. The SMILES string of the molecule is C=C(C(=O)OC)[C@@H](OOC(CC)(CC)c1cccc(C)c1)c1ccccc1. The van der Waals surface area contributed by atoms with Crippen LogP contribution in [-0.2, 0) is 24.9 Å². The number of carbonyl (C=O) groups excluding carboxylic acids is 1. The van der Waals surface area contributed by atoms with Gasteiger partial charge in [0.05, 0.1) is 12.7 Å². The van der Waals surface area contributed by atoms with Gasteiger partial charge in [-0.05, 0) is 30.9 Å². The van der Waals surface area contributed by atoms with Crippen LogP contribution in [0.3, 0.4) is 0 Å². The molecule has 0 N–H and O–H groups in total. The average Bonchev–Trinajstić information content (AvgIpc) is 2.71. The first-order valence-electron chi connectivity index (χ1n) is 9.21. The summed E-state index contributed by atoms with van der Waals surface area (Å²) in [6.45, 7) is 10.0. The quantitative estimate of drug-likeness (QED) is 0.256. The van der Waals surface area contributed by atoms with E-state index in [-0.39, 0.29) is 5.57 Å². The fourth-order valence-electron chi connectivity index (χ4n) is 3.07. The second-order valence-corrected chi connectivity index (χ2v) is 6.56. The molecule has 0 amide bonds. The first-order valence-corrected chi connectivity index (χ1v) is 9.21. The number of hydrogen-bond acceptors (Lipinski definition) is 4. The third kappa shape index (κ3) is 4.85. The van der Waals surface area contributed by atoms with Crippen molar-refractivity contribution in [3.05, 3.63) is 83.4 Å². The lowest BCUT2D eigenvalue weighted by Gasteiger charge is -2.33. The van der Waals surface area contributed by atoms with Crippen LogP contribution in [0.4, 0.5) is 0 Å². The Hall–Kier alpha value is -2.43. The molecule has 0 aliphatic carbocycles. The summed E-state index contributed by atoms with van der Waals surface area (Å²) in [4.78, 5) is 23.9. The van der Waals surface area contributed by atoms with E-state index in [0.717, 1.165) is 29.5 Å². The summed E-state index contributed by atoms with van der Waals surface area (Å²) in [6, 6.07) is 17.6. The minimum Gasteiger partial charge on any atom is -0.466 e. The summed E-state index contributed by atoms with van der Waals surface area (Å²) < 4.78 is 4.83. The summed E-state index contributed by atoms with van der Waals surface area (Å²) in [5, 5.41) is 0. The number of methoxy groups -OCH3 is 1. The van der Waals surface area contributed by atoms with Gasteiger partial charge in [-0.15, -0.1) is 0 Å². The highest BCUT2D eigenvalue weighted by Crippen LogP contribution is 2.37. The molecule has 4 heteroatoms. The fourth-order valence-corrected chi connectivity index (χ4v) is 3.07. The zero-order valence-corrected chi connectivity index (χ0v) is 16.5. The molecule has 0 aliphatic heterocycles. The topological polar surface area (TPSA) is 44.8 Å². The van der Waals surface area contributed by atoms with E-state index in [0.29, 0.717) is 0 Å². The summed E-state index contributed by atoms with van der Waals surface area (Å²) in [7, 11) is 1.32. The molecule has 0 saturated carbocycles. The van der Waals surface area contributed by atoms with Crippen LogP contribution < -0.4 is 0 Å². The second kappa shape index (κ2) is 9.49. The molecular formula is C23H28O4. The molecule has 0 saturated heterocycles. The zero-order chi connectivity index (χ0) is 19.9. The molecule has 27 heavy (non-hydrogen) atoms. The predicted molar refractivity (Wildman–Crippen MR) is 106 cm³/mol. The molecule has 0 fully saturated rings. The largest absolute Gasteiger partial charge is 0.466 e. The summed E-state index contributed by atoms with van der Waals surface area (Å²) in [5.74, 6) is -0.526. The van der Waals surface area contributed by atoms with E-state index in [2.05, 4.69) is 26.5 Å². The Morgan fingerprint density at radius 3 is 2.30 bits per heavy atom. The van der Waals surface area contributed by atoms with E-state index in [4.69, 9.17) is 14.5 Å². The van der Waals surface area contributed by atoms with Gasteiger partial charge in [-0.2, -0.15) is 0 Å². The Balaban J connectivity index is 2.33. The smallest absolute Gasteiger partial charge is 0.336 e. The van der Waals surface area contributed by atoms with Crippen LogP contribution >= 0.6 is 0 Å². The Morgan fingerprint density at radius 2 is 1.74 bits per heavy atom. The van der Waals surface area contributed by atoms with Crippen LogP contribution in [0, 0.1) is 6.92 Å². The molecule has 0 aliphatic rings. The van der Waals surface area contributed by atoms with E-state index < -0.39 is 17.7 Å². The average molecular weight is 368 g/mol. The van der Waals surface area contributed by atoms with Crippen LogP contribution in [-0.4, -0.2) is 13.1 Å². The number of hydrogen-bond donors (Lipinski definition) is 0. The minimum absolute atomic E-state index is 0.189. The van der Waals surface area contributed by atoms with Gasteiger partial charge in [0.15, 0.2) is 0 Å². The number of esters is 1.